The molecule has 0 radical (unpaired) electrons. The molecule has 1 atom stereocenters. The van der Waals surface area contributed by atoms with Gasteiger partial charge in [0.1, 0.15) is 0 Å². The maximum Gasteiger partial charge on any atom is 0.0747 e. The van der Waals surface area contributed by atoms with Crippen LogP contribution in [0.25, 0.3) is 0 Å². The number of hydrogen-bond donors (Lipinski definition) is 1. The molecule has 1 aliphatic rings. The highest BCUT2D eigenvalue weighted by molar-refractivity contribution is 5.11. The molecule has 0 spiro atoms. The minimum atomic E-state index is -0.146. The van der Waals surface area contributed by atoms with Gasteiger partial charge in [-0.2, -0.15) is 0 Å². The standard InChI is InChI=1S/C8H14O/c1-2-8(9)7-5-3-4-6-7/h5,8-9H,2-4,6H2,1H3/t8-/m1/s1. The molecule has 0 aliphatic heterocycles. The number of rotatable bonds is 2. The van der Waals surface area contributed by atoms with E-state index in [1.54, 1.807) is 0 Å². The third kappa shape index (κ3) is 1.55. The first-order valence-electron chi connectivity index (χ1n) is 3.71. The summed E-state index contributed by atoms with van der Waals surface area (Å²) in [5.41, 5.74) is 1.26. The molecule has 0 heterocycles. The number of aliphatic hydroxyl groups excluding tert-OH is 1. The Balaban J connectivity index is 2.40. The minimum Gasteiger partial charge on any atom is -0.389 e. The van der Waals surface area contributed by atoms with Crippen LogP contribution < -0.4 is 0 Å². The third-order valence-electron chi connectivity index (χ3n) is 1.89. The molecule has 1 aliphatic carbocycles. The van der Waals surface area contributed by atoms with E-state index >= 15 is 0 Å². The molecule has 1 nitrogen and oxygen atoms in total. The van der Waals surface area contributed by atoms with E-state index in [2.05, 4.69) is 6.08 Å². The first kappa shape index (κ1) is 6.81. The molecular formula is C8H14O. The lowest BCUT2D eigenvalue weighted by molar-refractivity contribution is 0.204. The summed E-state index contributed by atoms with van der Waals surface area (Å²) in [6.07, 6.45) is 6.43. The smallest absolute Gasteiger partial charge is 0.0747 e. The van der Waals surface area contributed by atoms with Gasteiger partial charge in [0.25, 0.3) is 0 Å². The van der Waals surface area contributed by atoms with Gasteiger partial charge in [-0.15, -0.1) is 0 Å². The molecule has 0 unspecified atom stereocenters. The van der Waals surface area contributed by atoms with Crippen LogP contribution in [0.2, 0.25) is 0 Å². The normalized spacial score (nSPS) is 21.8. The quantitative estimate of drug-likeness (QED) is 0.560. The van der Waals surface area contributed by atoms with E-state index in [9.17, 15) is 5.11 Å². The molecule has 9 heavy (non-hydrogen) atoms. The van der Waals surface area contributed by atoms with Crippen molar-refractivity contribution >= 4 is 0 Å². The predicted molar refractivity (Wildman–Crippen MR) is 38.2 cm³/mol. The summed E-state index contributed by atoms with van der Waals surface area (Å²) >= 11 is 0. The highest BCUT2D eigenvalue weighted by Crippen LogP contribution is 2.21. The lowest BCUT2D eigenvalue weighted by atomic mass is 10.1. The van der Waals surface area contributed by atoms with E-state index in [1.165, 1.54) is 18.4 Å². The van der Waals surface area contributed by atoms with E-state index in [-0.39, 0.29) is 6.10 Å². The van der Waals surface area contributed by atoms with Gasteiger partial charge in [0, 0.05) is 0 Å². The van der Waals surface area contributed by atoms with Crippen LogP contribution in [0.15, 0.2) is 11.6 Å². The monoisotopic (exact) mass is 126 g/mol. The Morgan fingerprint density at radius 1 is 1.78 bits per heavy atom. The Hall–Kier alpha value is -0.300. The fraction of sp³-hybridized carbons (Fsp3) is 0.750. The zero-order valence-electron chi connectivity index (χ0n) is 5.93. The summed E-state index contributed by atoms with van der Waals surface area (Å²) in [5.74, 6) is 0. The summed E-state index contributed by atoms with van der Waals surface area (Å²) < 4.78 is 0. The maximum absolute atomic E-state index is 9.29. The van der Waals surface area contributed by atoms with Crippen molar-refractivity contribution in [1.82, 2.24) is 0 Å². The number of hydrogen-bond acceptors (Lipinski definition) is 1. The Morgan fingerprint density at radius 2 is 2.56 bits per heavy atom. The Labute approximate surface area is 56.4 Å². The van der Waals surface area contributed by atoms with Crippen molar-refractivity contribution in [3.05, 3.63) is 11.6 Å². The fourth-order valence-corrected chi connectivity index (χ4v) is 1.26. The van der Waals surface area contributed by atoms with Crippen LogP contribution in [-0.2, 0) is 0 Å². The number of allylic oxidation sites excluding steroid dienone is 1. The molecule has 0 amide bonds. The second-order valence-electron chi connectivity index (χ2n) is 2.60. The Bertz CT molecular complexity index is 116. The average molecular weight is 126 g/mol. The average Bonchev–Trinajstić information content (AvgIpc) is 2.37. The molecule has 0 saturated heterocycles. The Kier molecular flexibility index (Phi) is 2.29. The van der Waals surface area contributed by atoms with Crippen LogP contribution in [0.1, 0.15) is 32.6 Å². The van der Waals surface area contributed by atoms with Crippen LogP contribution in [0.5, 0.6) is 0 Å². The maximum atomic E-state index is 9.29. The van der Waals surface area contributed by atoms with Crippen molar-refractivity contribution in [2.75, 3.05) is 0 Å². The van der Waals surface area contributed by atoms with Crippen molar-refractivity contribution in [2.45, 2.75) is 38.7 Å². The minimum absolute atomic E-state index is 0.146. The van der Waals surface area contributed by atoms with Gasteiger partial charge in [-0.25, -0.2) is 0 Å². The molecule has 0 bridgehead atoms. The van der Waals surface area contributed by atoms with Gasteiger partial charge >= 0.3 is 0 Å². The number of aliphatic hydroxyl groups is 1. The second-order valence-corrected chi connectivity index (χ2v) is 2.60. The molecule has 1 heteroatoms. The highest BCUT2D eigenvalue weighted by Gasteiger charge is 2.10. The van der Waals surface area contributed by atoms with Gasteiger partial charge in [-0.3, -0.25) is 0 Å². The summed E-state index contributed by atoms with van der Waals surface area (Å²) in [5, 5.41) is 9.29. The van der Waals surface area contributed by atoms with Gasteiger partial charge in [0.15, 0.2) is 0 Å². The molecule has 0 aromatic heterocycles. The lowest BCUT2D eigenvalue weighted by Crippen LogP contribution is -2.05. The summed E-state index contributed by atoms with van der Waals surface area (Å²) in [7, 11) is 0. The van der Waals surface area contributed by atoms with Crippen LogP contribution in [0, 0.1) is 0 Å². The largest absolute Gasteiger partial charge is 0.389 e. The molecule has 1 N–H and O–H groups in total. The van der Waals surface area contributed by atoms with Crippen LogP contribution >= 0.6 is 0 Å². The summed E-state index contributed by atoms with van der Waals surface area (Å²) in [6.45, 7) is 2.02. The molecule has 0 aromatic rings. The SMILES string of the molecule is CC[C@@H](O)C1=CCCC1. The lowest BCUT2D eigenvalue weighted by Gasteiger charge is -2.06. The summed E-state index contributed by atoms with van der Waals surface area (Å²) in [6, 6.07) is 0. The molecular weight excluding hydrogens is 112 g/mol. The van der Waals surface area contributed by atoms with E-state index in [0.29, 0.717) is 0 Å². The molecule has 52 valence electrons. The Morgan fingerprint density at radius 3 is 3.00 bits per heavy atom. The zero-order valence-corrected chi connectivity index (χ0v) is 5.93. The van der Waals surface area contributed by atoms with Crippen LogP contribution in [0.4, 0.5) is 0 Å². The van der Waals surface area contributed by atoms with E-state index < -0.39 is 0 Å². The topological polar surface area (TPSA) is 20.2 Å². The highest BCUT2D eigenvalue weighted by atomic mass is 16.3. The fourth-order valence-electron chi connectivity index (χ4n) is 1.26. The summed E-state index contributed by atoms with van der Waals surface area (Å²) in [4.78, 5) is 0. The van der Waals surface area contributed by atoms with Gasteiger partial charge < -0.3 is 5.11 Å². The third-order valence-corrected chi connectivity index (χ3v) is 1.89. The first-order chi connectivity index (χ1) is 4.34. The van der Waals surface area contributed by atoms with E-state index in [1.807, 2.05) is 6.92 Å². The molecule has 1 rings (SSSR count). The molecule has 0 fully saturated rings. The van der Waals surface area contributed by atoms with Crippen molar-refractivity contribution in [3.8, 4) is 0 Å². The van der Waals surface area contributed by atoms with E-state index in [4.69, 9.17) is 0 Å². The van der Waals surface area contributed by atoms with Gasteiger partial charge in [-0.05, 0) is 31.3 Å². The van der Waals surface area contributed by atoms with E-state index in [0.717, 1.165) is 12.8 Å². The van der Waals surface area contributed by atoms with Crippen molar-refractivity contribution in [3.63, 3.8) is 0 Å². The van der Waals surface area contributed by atoms with Crippen LogP contribution in [0.3, 0.4) is 0 Å². The van der Waals surface area contributed by atoms with Gasteiger partial charge in [0.05, 0.1) is 6.10 Å². The van der Waals surface area contributed by atoms with Crippen molar-refractivity contribution in [2.24, 2.45) is 0 Å². The molecule has 0 saturated carbocycles. The second kappa shape index (κ2) is 3.02. The van der Waals surface area contributed by atoms with Crippen LogP contribution in [-0.4, -0.2) is 11.2 Å². The van der Waals surface area contributed by atoms with Crippen molar-refractivity contribution in [1.29, 1.82) is 0 Å². The van der Waals surface area contributed by atoms with Gasteiger partial charge in [-0.1, -0.05) is 13.0 Å². The molecule has 0 aromatic carbocycles. The predicted octanol–water partition coefficient (Wildman–Crippen LogP) is 1.87. The zero-order chi connectivity index (χ0) is 6.69. The first-order valence-corrected chi connectivity index (χ1v) is 3.71. The van der Waals surface area contributed by atoms with Crippen molar-refractivity contribution < 1.29 is 5.11 Å². The van der Waals surface area contributed by atoms with Gasteiger partial charge in [0.2, 0.25) is 0 Å².